The average molecular weight is 430 g/mol. The molecule has 0 radical (unpaired) electrons. The Labute approximate surface area is 177 Å². The van der Waals surface area contributed by atoms with Crippen molar-refractivity contribution in [2.45, 2.75) is 44.7 Å². The van der Waals surface area contributed by atoms with Crippen molar-refractivity contribution in [3.8, 4) is 11.5 Å². The smallest absolute Gasteiger partial charge is 0.225 e. The van der Waals surface area contributed by atoms with Gasteiger partial charge in [0.15, 0.2) is 0 Å². The van der Waals surface area contributed by atoms with E-state index in [1.54, 1.807) is 30.5 Å². The number of amides is 1. The van der Waals surface area contributed by atoms with Gasteiger partial charge in [0.1, 0.15) is 17.3 Å². The van der Waals surface area contributed by atoms with Crippen LogP contribution in [0.3, 0.4) is 0 Å². The molecule has 1 aromatic heterocycles. The molecule has 1 amide bonds. The third-order valence-corrected chi connectivity index (χ3v) is 4.85. The van der Waals surface area contributed by atoms with E-state index < -0.39 is 5.54 Å². The van der Waals surface area contributed by atoms with Gasteiger partial charge in [-0.15, -0.1) is 24.8 Å². The SMILES string of the molecule is CC1(N)CCCCC1C(=O)NCc1cc(Oc2ccc(F)cc2)ccn1.Cl.Cl. The summed E-state index contributed by atoms with van der Waals surface area (Å²) in [6, 6.07) is 9.26. The molecule has 1 aromatic carbocycles. The van der Waals surface area contributed by atoms with Gasteiger partial charge in [-0.05, 0) is 50.1 Å². The summed E-state index contributed by atoms with van der Waals surface area (Å²) in [5, 5.41) is 2.94. The van der Waals surface area contributed by atoms with E-state index in [9.17, 15) is 9.18 Å². The molecule has 1 aliphatic rings. The molecule has 2 aromatic rings. The minimum Gasteiger partial charge on any atom is -0.457 e. The highest BCUT2D eigenvalue weighted by molar-refractivity contribution is 5.85. The highest BCUT2D eigenvalue weighted by Crippen LogP contribution is 2.31. The fraction of sp³-hybridized carbons (Fsp3) is 0.400. The summed E-state index contributed by atoms with van der Waals surface area (Å²) >= 11 is 0. The first kappa shape index (κ1) is 24.1. The number of nitrogens with zero attached hydrogens (tertiary/aromatic N) is 1. The van der Waals surface area contributed by atoms with Gasteiger partial charge in [-0.2, -0.15) is 0 Å². The number of nitrogens with two attached hydrogens (primary N) is 1. The molecule has 0 aliphatic heterocycles. The number of aromatic nitrogens is 1. The van der Waals surface area contributed by atoms with Crippen LogP contribution in [-0.4, -0.2) is 16.4 Å². The molecule has 154 valence electrons. The zero-order chi connectivity index (χ0) is 18.6. The zero-order valence-corrected chi connectivity index (χ0v) is 17.3. The Balaban J connectivity index is 0.00000196. The van der Waals surface area contributed by atoms with Crippen LogP contribution in [0.2, 0.25) is 0 Å². The van der Waals surface area contributed by atoms with Crippen LogP contribution in [0.15, 0.2) is 42.6 Å². The minimum atomic E-state index is -0.455. The molecule has 28 heavy (non-hydrogen) atoms. The van der Waals surface area contributed by atoms with Gasteiger partial charge in [0.25, 0.3) is 0 Å². The maximum absolute atomic E-state index is 13.0. The second-order valence-corrected chi connectivity index (χ2v) is 7.06. The standard InChI is InChI=1S/C20H24FN3O2.2ClH/c1-20(22)10-3-2-4-18(20)19(25)24-13-15-12-17(9-11-23-15)26-16-7-5-14(21)6-8-16;;/h5-9,11-12,18H,2-4,10,13,22H2,1H3,(H,24,25);2*1H. The number of hydrogen-bond donors (Lipinski definition) is 2. The van der Waals surface area contributed by atoms with E-state index in [2.05, 4.69) is 10.3 Å². The fourth-order valence-corrected chi connectivity index (χ4v) is 3.34. The molecule has 1 heterocycles. The van der Waals surface area contributed by atoms with Crippen LogP contribution in [0.1, 0.15) is 38.3 Å². The summed E-state index contributed by atoms with van der Waals surface area (Å²) in [5.41, 5.74) is 6.52. The lowest BCUT2D eigenvalue weighted by Crippen LogP contribution is -2.52. The van der Waals surface area contributed by atoms with Crippen LogP contribution in [0, 0.1) is 11.7 Å². The second kappa shape index (κ2) is 10.6. The molecule has 3 N–H and O–H groups in total. The number of halogens is 3. The van der Waals surface area contributed by atoms with Gasteiger partial charge in [0.05, 0.1) is 18.2 Å². The maximum Gasteiger partial charge on any atom is 0.225 e. The first-order chi connectivity index (χ1) is 12.4. The van der Waals surface area contributed by atoms with Crippen molar-refractivity contribution < 1.29 is 13.9 Å². The van der Waals surface area contributed by atoms with E-state index in [1.165, 1.54) is 12.1 Å². The number of hydrogen-bond acceptors (Lipinski definition) is 4. The monoisotopic (exact) mass is 429 g/mol. The van der Waals surface area contributed by atoms with Crippen LogP contribution < -0.4 is 15.8 Å². The largest absolute Gasteiger partial charge is 0.457 e. The van der Waals surface area contributed by atoms with Crippen molar-refractivity contribution in [2.75, 3.05) is 0 Å². The maximum atomic E-state index is 13.0. The average Bonchev–Trinajstić information content (AvgIpc) is 2.62. The van der Waals surface area contributed by atoms with Crippen LogP contribution in [0.25, 0.3) is 0 Å². The highest BCUT2D eigenvalue weighted by atomic mass is 35.5. The predicted octanol–water partition coefficient (Wildman–Crippen LogP) is 4.38. The van der Waals surface area contributed by atoms with Gasteiger partial charge in [0.2, 0.25) is 5.91 Å². The Morgan fingerprint density at radius 3 is 2.64 bits per heavy atom. The van der Waals surface area contributed by atoms with E-state index in [-0.39, 0.29) is 42.5 Å². The fourth-order valence-electron chi connectivity index (χ4n) is 3.34. The van der Waals surface area contributed by atoms with E-state index >= 15 is 0 Å². The zero-order valence-electron chi connectivity index (χ0n) is 15.7. The summed E-state index contributed by atoms with van der Waals surface area (Å²) in [4.78, 5) is 16.8. The molecule has 2 unspecified atom stereocenters. The van der Waals surface area contributed by atoms with Crippen LogP contribution in [0.5, 0.6) is 11.5 Å². The van der Waals surface area contributed by atoms with Gasteiger partial charge in [-0.3, -0.25) is 9.78 Å². The molecule has 2 atom stereocenters. The molecular formula is C20H26Cl2FN3O2. The first-order valence-electron chi connectivity index (χ1n) is 8.89. The third-order valence-electron chi connectivity index (χ3n) is 4.85. The van der Waals surface area contributed by atoms with Crippen molar-refractivity contribution in [1.82, 2.24) is 10.3 Å². The quantitative estimate of drug-likeness (QED) is 0.738. The summed E-state index contributed by atoms with van der Waals surface area (Å²) in [5.74, 6) is 0.604. The van der Waals surface area contributed by atoms with Crippen molar-refractivity contribution in [3.05, 3.63) is 54.1 Å². The molecular weight excluding hydrogens is 404 g/mol. The number of rotatable bonds is 5. The van der Waals surface area contributed by atoms with E-state index in [4.69, 9.17) is 10.5 Å². The summed E-state index contributed by atoms with van der Waals surface area (Å²) < 4.78 is 18.6. The Kier molecular flexibility index (Phi) is 9.14. The van der Waals surface area contributed by atoms with Gasteiger partial charge >= 0.3 is 0 Å². The lowest BCUT2D eigenvalue weighted by Gasteiger charge is -2.37. The lowest BCUT2D eigenvalue weighted by atomic mass is 9.74. The summed E-state index contributed by atoms with van der Waals surface area (Å²) in [6.07, 6.45) is 5.41. The number of nitrogens with one attached hydrogen (secondary N) is 1. The molecule has 3 rings (SSSR count). The van der Waals surface area contributed by atoms with Crippen molar-refractivity contribution in [2.24, 2.45) is 11.7 Å². The van der Waals surface area contributed by atoms with Crippen molar-refractivity contribution in [1.29, 1.82) is 0 Å². The summed E-state index contributed by atoms with van der Waals surface area (Å²) in [6.45, 7) is 2.26. The molecule has 1 fully saturated rings. The van der Waals surface area contributed by atoms with Gasteiger partial charge in [-0.1, -0.05) is 12.8 Å². The van der Waals surface area contributed by atoms with E-state index in [1.807, 2.05) is 6.92 Å². The Morgan fingerprint density at radius 2 is 1.96 bits per heavy atom. The topological polar surface area (TPSA) is 77.2 Å². The number of benzene rings is 1. The van der Waals surface area contributed by atoms with Crippen molar-refractivity contribution >= 4 is 30.7 Å². The summed E-state index contributed by atoms with van der Waals surface area (Å²) in [7, 11) is 0. The molecule has 1 aliphatic carbocycles. The Hall–Kier alpha value is -1.89. The first-order valence-corrected chi connectivity index (χ1v) is 8.89. The van der Waals surface area contributed by atoms with Crippen LogP contribution in [0.4, 0.5) is 4.39 Å². The van der Waals surface area contributed by atoms with E-state index in [0.29, 0.717) is 23.7 Å². The predicted molar refractivity (Wildman–Crippen MR) is 112 cm³/mol. The third kappa shape index (κ3) is 6.33. The number of carbonyl (C=O) groups is 1. The molecule has 8 heteroatoms. The molecule has 5 nitrogen and oxygen atoms in total. The normalized spacial score (nSPS) is 21.0. The Morgan fingerprint density at radius 1 is 1.25 bits per heavy atom. The highest BCUT2D eigenvalue weighted by Gasteiger charge is 2.37. The van der Waals surface area contributed by atoms with Gasteiger partial charge < -0.3 is 15.8 Å². The minimum absolute atomic E-state index is 0. The molecule has 0 saturated heterocycles. The molecule has 1 saturated carbocycles. The molecule has 0 spiro atoms. The van der Waals surface area contributed by atoms with Gasteiger partial charge in [-0.25, -0.2) is 4.39 Å². The lowest BCUT2D eigenvalue weighted by molar-refractivity contribution is -0.128. The number of pyridine rings is 1. The molecule has 0 bridgehead atoms. The van der Waals surface area contributed by atoms with Crippen LogP contribution >= 0.6 is 24.8 Å². The number of carbonyl (C=O) groups excluding carboxylic acids is 1. The van der Waals surface area contributed by atoms with E-state index in [0.717, 1.165) is 25.7 Å². The number of ether oxygens (including phenoxy) is 1. The Bertz CT molecular complexity index is 772. The van der Waals surface area contributed by atoms with Crippen LogP contribution in [-0.2, 0) is 11.3 Å². The van der Waals surface area contributed by atoms with Gasteiger partial charge in [0, 0.05) is 17.8 Å². The second-order valence-electron chi connectivity index (χ2n) is 7.06. The van der Waals surface area contributed by atoms with Crippen molar-refractivity contribution in [3.63, 3.8) is 0 Å².